The molecule has 0 fully saturated rings. The van der Waals surface area contributed by atoms with Gasteiger partial charge in [-0.15, -0.1) is 0 Å². The molecule has 0 saturated heterocycles. The van der Waals surface area contributed by atoms with E-state index in [0.29, 0.717) is 66.1 Å². The van der Waals surface area contributed by atoms with Crippen LogP contribution in [-0.2, 0) is 18.9 Å². The highest BCUT2D eigenvalue weighted by molar-refractivity contribution is 14.1. The van der Waals surface area contributed by atoms with Gasteiger partial charge >= 0.3 is 0 Å². The zero-order valence-corrected chi connectivity index (χ0v) is 21.2. The highest BCUT2D eigenvalue weighted by Crippen LogP contribution is 2.14. The van der Waals surface area contributed by atoms with Crippen LogP contribution < -0.4 is 9.47 Å². The van der Waals surface area contributed by atoms with Crippen molar-refractivity contribution in [3.8, 4) is 11.5 Å². The fraction of sp³-hybridized carbons (Fsp3) is 0.455. The summed E-state index contributed by atoms with van der Waals surface area (Å²) >= 11 is 4.53. The Bertz CT molecular complexity index is 607. The van der Waals surface area contributed by atoms with Crippen LogP contribution in [0.2, 0.25) is 0 Å². The zero-order chi connectivity index (χ0) is 21.3. The molecule has 0 amide bonds. The van der Waals surface area contributed by atoms with Gasteiger partial charge in [0.05, 0.1) is 52.9 Å². The topological polar surface area (TPSA) is 55.4 Å². The lowest BCUT2D eigenvalue weighted by atomic mass is 10.3. The van der Waals surface area contributed by atoms with Crippen molar-refractivity contribution in [1.29, 1.82) is 0 Å². The number of rotatable bonds is 17. The van der Waals surface area contributed by atoms with Gasteiger partial charge in [-0.2, -0.15) is 0 Å². The fourth-order valence-electron chi connectivity index (χ4n) is 2.26. The summed E-state index contributed by atoms with van der Waals surface area (Å²) in [5.74, 6) is 1.71. The summed E-state index contributed by atoms with van der Waals surface area (Å²) < 4.78 is 35.4. The lowest BCUT2D eigenvalue weighted by Gasteiger charge is -2.09. The maximum Gasteiger partial charge on any atom is 0.119 e. The van der Waals surface area contributed by atoms with E-state index in [0.717, 1.165) is 11.5 Å². The lowest BCUT2D eigenvalue weighted by Crippen LogP contribution is -2.14. The summed E-state index contributed by atoms with van der Waals surface area (Å²) in [6.45, 7) is 5.38. The number of benzene rings is 2. The molecular formula is C22H28I2O6. The van der Waals surface area contributed by atoms with Crippen LogP contribution in [-0.4, -0.2) is 66.1 Å². The van der Waals surface area contributed by atoms with Crippen molar-refractivity contribution in [2.45, 2.75) is 0 Å². The Morgan fingerprint density at radius 2 is 0.667 bits per heavy atom. The summed E-state index contributed by atoms with van der Waals surface area (Å²) in [6, 6.07) is 15.9. The van der Waals surface area contributed by atoms with Gasteiger partial charge in [0, 0.05) is 7.14 Å². The van der Waals surface area contributed by atoms with Gasteiger partial charge < -0.3 is 28.4 Å². The third-order valence-corrected chi connectivity index (χ3v) is 5.17. The van der Waals surface area contributed by atoms with Gasteiger partial charge in [0.15, 0.2) is 0 Å². The average Bonchev–Trinajstić information content (AvgIpc) is 2.76. The molecule has 8 heteroatoms. The van der Waals surface area contributed by atoms with E-state index >= 15 is 0 Å². The first-order chi connectivity index (χ1) is 14.7. The maximum atomic E-state index is 5.59. The third-order valence-electron chi connectivity index (χ3n) is 3.74. The van der Waals surface area contributed by atoms with E-state index in [9.17, 15) is 0 Å². The van der Waals surface area contributed by atoms with Crippen LogP contribution >= 0.6 is 45.2 Å². The predicted octanol–water partition coefficient (Wildman–Crippen LogP) is 4.42. The Kier molecular flexibility index (Phi) is 14.5. The van der Waals surface area contributed by atoms with Crippen molar-refractivity contribution in [3.63, 3.8) is 0 Å². The fourth-order valence-corrected chi connectivity index (χ4v) is 2.98. The quantitative estimate of drug-likeness (QED) is 0.188. The molecular weight excluding hydrogens is 614 g/mol. The van der Waals surface area contributed by atoms with Crippen molar-refractivity contribution < 1.29 is 28.4 Å². The minimum atomic E-state index is 0.527. The van der Waals surface area contributed by atoms with Crippen LogP contribution in [0.15, 0.2) is 48.5 Å². The maximum absolute atomic E-state index is 5.59. The molecule has 0 atom stereocenters. The molecule has 2 aromatic carbocycles. The molecule has 6 nitrogen and oxygen atoms in total. The first-order valence-electron chi connectivity index (χ1n) is 9.82. The summed E-state index contributed by atoms with van der Waals surface area (Å²) in [6.07, 6.45) is 0. The summed E-state index contributed by atoms with van der Waals surface area (Å²) in [7, 11) is 0. The molecule has 30 heavy (non-hydrogen) atoms. The predicted molar refractivity (Wildman–Crippen MR) is 133 cm³/mol. The molecule has 2 aromatic rings. The van der Waals surface area contributed by atoms with Crippen LogP contribution in [0.4, 0.5) is 0 Å². The monoisotopic (exact) mass is 642 g/mol. The molecule has 0 aliphatic rings. The van der Waals surface area contributed by atoms with Crippen molar-refractivity contribution >= 4 is 45.2 Å². The van der Waals surface area contributed by atoms with Crippen LogP contribution in [0.1, 0.15) is 0 Å². The van der Waals surface area contributed by atoms with E-state index in [4.69, 9.17) is 28.4 Å². The molecule has 0 saturated carbocycles. The first-order valence-corrected chi connectivity index (χ1v) is 12.0. The summed E-state index contributed by atoms with van der Waals surface area (Å²) in [4.78, 5) is 0. The van der Waals surface area contributed by atoms with Crippen LogP contribution in [0.25, 0.3) is 0 Å². The van der Waals surface area contributed by atoms with Crippen molar-refractivity contribution in [2.24, 2.45) is 0 Å². The smallest absolute Gasteiger partial charge is 0.119 e. The third kappa shape index (κ3) is 12.9. The summed E-state index contributed by atoms with van der Waals surface area (Å²) in [5, 5.41) is 0. The Balaban J connectivity index is 1.27. The van der Waals surface area contributed by atoms with Crippen molar-refractivity contribution in [2.75, 3.05) is 66.1 Å². The van der Waals surface area contributed by atoms with Crippen molar-refractivity contribution in [3.05, 3.63) is 55.7 Å². The SMILES string of the molecule is Ic1ccc(OCCOCCOCCOCCOCCOc2ccc(I)cc2)cc1. The highest BCUT2D eigenvalue weighted by Gasteiger charge is 1.96. The van der Waals surface area contributed by atoms with Gasteiger partial charge in [-0.25, -0.2) is 0 Å². The van der Waals surface area contributed by atoms with Gasteiger partial charge in [-0.05, 0) is 93.7 Å². The second-order valence-electron chi connectivity index (χ2n) is 6.05. The van der Waals surface area contributed by atoms with Gasteiger partial charge in [0.25, 0.3) is 0 Å². The van der Waals surface area contributed by atoms with Crippen LogP contribution in [0.3, 0.4) is 0 Å². The molecule has 0 aliphatic heterocycles. The van der Waals surface area contributed by atoms with Gasteiger partial charge in [0.2, 0.25) is 0 Å². The minimum Gasteiger partial charge on any atom is -0.491 e. The highest BCUT2D eigenvalue weighted by atomic mass is 127. The molecule has 0 aliphatic carbocycles. The number of hydrogen-bond donors (Lipinski definition) is 0. The van der Waals surface area contributed by atoms with E-state index in [1.807, 2.05) is 48.5 Å². The van der Waals surface area contributed by atoms with E-state index in [-0.39, 0.29) is 0 Å². The molecule has 0 radical (unpaired) electrons. The van der Waals surface area contributed by atoms with Crippen LogP contribution in [0.5, 0.6) is 11.5 Å². The second-order valence-corrected chi connectivity index (χ2v) is 8.55. The Hall–Kier alpha value is -0.660. The van der Waals surface area contributed by atoms with E-state index in [1.165, 1.54) is 7.14 Å². The molecule has 0 N–H and O–H groups in total. The molecule has 0 unspecified atom stereocenters. The normalized spacial score (nSPS) is 10.9. The molecule has 166 valence electrons. The first kappa shape index (κ1) is 25.6. The molecule has 0 heterocycles. The lowest BCUT2D eigenvalue weighted by molar-refractivity contribution is -0.00699. The van der Waals surface area contributed by atoms with Crippen LogP contribution in [0, 0.1) is 7.14 Å². The van der Waals surface area contributed by atoms with Gasteiger partial charge in [-0.3, -0.25) is 0 Å². The average molecular weight is 642 g/mol. The molecule has 2 rings (SSSR count). The van der Waals surface area contributed by atoms with Crippen molar-refractivity contribution in [1.82, 2.24) is 0 Å². The molecule has 0 bridgehead atoms. The Morgan fingerprint density at radius 1 is 0.400 bits per heavy atom. The zero-order valence-electron chi connectivity index (χ0n) is 16.9. The Labute approximate surface area is 205 Å². The molecule has 0 spiro atoms. The standard InChI is InChI=1S/C22H28I2O6/c23-19-1-5-21(6-2-19)29-17-15-27-13-11-25-9-10-26-12-14-28-16-18-30-22-7-3-20(24)4-8-22/h1-8H,9-18H2. The second kappa shape index (κ2) is 17.0. The van der Waals surface area contributed by atoms with Gasteiger partial charge in [0.1, 0.15) is 24.7 Å². The van der Waals surface area contributed by atoms with E-state index < -0.39 is 0 Å². The number of halogens is 2. The summed E-state index contributed by atoms with van der Waals surface area (Å²) in [5.41, 5.74) is 0. The number of ether oxygens (including phenoxy) is 6. The molecule has 0 aromatic heterocycles. The van der Waals surface area contributed by atoms with E-state index in [1.54, 1.807) is 0 Å². The number of hydrogen-bond acceptors (Lipinski definition) is 6. The van der Waals surface area contributed by atoms with Gasteiger partial charge in [-0.1, -0.05) is 0 Å². The largest absolute Gasteiger partial charge is 0.491 e. The van der Waals surface area contributed by atoms with E-state index in [2.05, 4.69) is 45.2 Å². The minimum absolute atomic E-state index is 0.527. The Morgan fingerprint density at radius 3 is 0.967 bits per heavy atom.